The number of pyridine rings is 1. The van der Waals surface area contributed by atoms with Gasteiger partial charge < -0.3 is 10.4 Å². The second-order valence-electron chi connectivity index (χ2n) is 4.17. The Labute approximate surface area is 119 Å². The molecule has 0 radical (unpaired) electrons. The maximum atomic E-state index is 10.9. The van der Waals surface area contributed by atoms with Gasteiger partial charge in [-0.25, -0.2) is 4.98 Å². The number of carbonyl (C=O) groups is 1. The van der Waals surface area contributed by atoms with Crippen molar-refractivity contribution < 1.29 is 9.90 Å². The average Bonchev–Trinajstić information content (AvgIpc) is 2.41. The van der Waals surface area contributed by atoms with Gasteiger partial charge in [0.25, 0.3) is 0 Å². The van der Waals surface area contributed by atoms with Crippen molar-refractivity contribution in [2.45, 2.75) is 12.8 Å². The minimum atomic E-state index is -0.824. The molecule has 19 heavy (non-hydrogen) atoms. The van der Waals surface area contributed by atoms with Crippen LogP contribution in [-0.4, -0.2) is 16.1 Å². The summed E-state index contributed by atoms with van der Waals surface area (Å²) in [7, 11) is 0. The topological polar surface area (TPSA) is 62.2 Å². The Morgan fingerprint density at radius 1 is 1.26 bits per heavy atom. The number of nitrogens with one attached hydrogen (secondary N) is 1. The molecule has 0 saturated carbocycles. The first kappa shape index (κ1) is 13.5. The molecule has 0 bridgehead atoms. The molecule has 0 saturated heterocycles. The molecule has 0 spiro atoms. The Morgan fingerprint density at radius 3 is 2.47 bits per heavy atom. The van der Waals surface area contributed by atoms with Crippen molar-refractivity contribution in [2.75, 3.05) is 5.32 Å². The summed E-state index contributed by atoms with van der Waals surface area (Å²) in [5.41, 5.74) is 1.65. The maximum Gasteiger partial charge on any atom is 0.310 e. The number of nitrogens with zero attached hydrogens (tertiary/aromatic N) is 1. The summed E-state index contributed by atoms with van der Waals surface area (Å²) < 4.78 is 0.920. The molecule has 1 aromatic heterocycles. The van der Waals surface area contributed by atoms with E-state index in [1.54, 1.807) is 25.3 Å². The first-order chi connectivity index (χ1) is 9.06. The first-order valence-corrected chi connectivity index (χ1v) is 6.57. The number of anilines is 2. The van der Waals surface area contributed by atoms with Crippen LogP contribution < -0.4 is 5.32 Å². The van der Waals surface area contributed by atoms with Gasteiger partial charge in [-0.15, -0.1) is 0 Å². The van der Waals surface area contributed by atoms with E-state index in [1.807, 2.05) is 24.3 Å². The molecule has 4 nitrogen and oxygen atoms in total. The zero-order valence-electron chi connectivity index (χ0n) is 10.3. The Morgan fingerprint density at radius 2 is 1.95 bits per heavy atom. The highest BCUT2D eigenvalue weighted by Gasteiger charge is 2.12. The number of hydrogen-bond donors (Lipinski definition) is 2. The van der Waals surface area contributed by atoms with E-state index in [1.165, 1.54) is 0 Å². The number of benzene rings is 1. The highest BCUT2D eigenvalue weighted by atomic mass is 79.9. The Kier molecular flexibility index (Phi) is 4.16. The molecule has 5 heteroatoms. The predicted molar refractivity (Wildman–Crippen MR) is 77.7 cm³/mol. The van der Waals surface area contributed by atoms with E-state index in [-0.39, 0.29) is 0 Å². The molecule has 0 amide bonds. The van der Waals surface area contributed by atoms with Gasteiger partial charge in [0.05, 0.1) is 5.92 Å². The van der Waals surface area contributed by atoms with Gasteiger partial charge in [0, 0.05) is 16.4 Å². The van der Waals surface area contributed by atoms with Gasteiger partial charge in [-0.1, -0.05) is 12.1 Å². The van der Waals surface area contributed by atoms with E-state index in [2.05, 4.69) is 26.2 Å². The van der Waals surface area contributed by atoms with E-state index < -0.39 is 11.9 Å². The van der Waals surface area contributed by atoms with Gasteiger partial charge in [0.1, 0.15) is 5.82 Å². The van der Waals surface area contributed by atoms with Gasteiger partial charge in [-0.3, -0.25) is 4.79 Å². The minimum absolute atomic E-state index is 0.500. The molecule has 1 atom stereocenters. The van der Waals surface area contributed by atoms with Crippen LogP contribution in [0.4, 0.5) is 11.5 Å². The van der Waals surface area contributed by atoms with Crippen LogP contribution in [0.15, 0.2) is 47.1 Å². The molecule has 0 aliphatic heterocycles. The van der Waals surface area contributed by atoms with Crippen molar-refractivity contribution in [1.82, 2.24) is 4.98 Å². The number of halogens is 1. The lowest BCUT2D eigenvalue weighted by Crippen LogP contribution is -2.07. The highest BCUT2D eigenvalue weighted by molar-refractivity contribution is 9.10. The molecule has 2 rings (SSSR count). The number of aliphatic carboxylic acids is 1. The van der Waals surface area contributed by atoms with Crippen molar-refractivity contribution >= 4 is 33.4 Å². The van der Waals surface area contributed by atoms with Crippen molar-refractivity contribution in [1.29, 1.82) is 0 Å². The number of carboxylic acid groups (broad SMARTS) is 1. The van der Waals surface area contributed by atoms with Crippen LogP contribution >= 0.6 is 15.9 Å². The molecular weight excluding hydrogens is 308 g/mol. The van der Waals surface area contributed by atoms with E-state index in [0.29, 0.717) is 0 Å². The molecule has 2 aromatic rings. The fourth-order valence-electron chi connectivity index (χ4n) is 1.60. The lowest BCUT2D eigenvalue weighted by atomic mass is 10.0. The summed E-state index contributed by atoms with van der Waals surface area (Å²) in [6, 6.07) is 11.1. The number of carboxylic acids is 1. The van der Waals surface area contributed by atoms with Crippen LogP contribution in [0.5, 0.6) is 0 Å². The summed E-state index contributed by atoms with van der Waals surface area (Å²) >= 11 is 3.32. The van der Waals surface area contributed by atoms with Gasteiger partial charge in [-0.05, 0) is 52.7 Å². The second kappa shape index (κ2) is 5.84. The summed E-state index contributed by atoms with van der Waals surface area (Å²) in [6.45, 7) is 1.67. The third-order valence-electron chi connectivity index (χ3n) is 2.78. The van der Waals surface area contributed by atoms with Crippen molar-refractivity contribution in [3.63, 3.8) is 0 Å². The lowest BCUT2D eigenvalue weighted by Gasteiger charge is -2.09. The van der Waals surface area contributed by atoms with Gasteiger partial charge in [-0.2, -0.15) is 0 Å². The maximum absolute atomic E-state index is 10.9. The van der Waals surface area contributed by atoms with Crippen LogP contribution in [-0.2, 0) is 4.79 Å². The molecule has 2 N–H and O–H groups in total. The van der Waals surface area contributed by atoms with E-state index in [9.17, 15) is 4.79 Å². The summed E-state index contributed by atoms with van der Waals surface area (Å²) in [5, 5.41) is 12.1. The first-order valence-electron chi connectivity index (χ1n) is 5.77. The molecule has 0 fully saturated rings. The van der Waals surface area contributed by atoms with Crippen LogP contribution in [0.2, 0.25) is 0 Å². The molecule has 0 aliphatic carbocycles. The fourth-order valence-corrected chi connectivity index (χ4v) is 1.83. The smallest absolute Gasteiger partial charge is 0.310 e. The molecule has 0 aliphatic rings. The molecule has 0 unspecified atom stereocenters. The van der Waals surface area contributed by atoms with Gasteiger partial charge in [0.15, 0.2) is 0 Å². The Balaban J connectivity index is 2.10. The third-order valence-corrected chi connectivity index (χ3v) is 3.25. The van der Waals surface area contributed by atoms with E-state index in [0.717, 1.165) is 21.5 Å². The largest absolute Gasteiger partial charge is 0.481 e. The molecule has 1 heterocycles. The van der Waals surface area contributed by atoms with Crippen LogP contribution in [0.3, 0.4) is 0 Å². The summed E-state index contributed by atoms with van der Waals surface area (Å²) in [4.78, 5) is 15.1. The van der Waals surface area contributed by atoms with Crippen molar-refractivity contribution in [3.8, 4) is 0 Å². The summed E-state index contributed by atoms with van der Waals surface area (Å²) in [6.07, 6.45) is 1.71. The number of hydrogen-bond acceptors (Lipinski definition) is 3. The Hall–Kier alpha value is -1.88. The van der Waals surface area contributed by atoms with Crippen LogP contribution in [0.25, 0.3) is 0 Å². The minimum Gasteiger partial charge on any atom is -0.481 e. The predicted octanol–water partition coefficient (Wildman–Crippen LogP) is 3.78. The van der Waals surface area contributed by atoms with Crippen LogP contribution in [0, 0.1) is 0 Å². The highest BCUT2D eigenvalue weighted by Crippen LogP contribution is 2.20. The van der Waals surface area contributed by atoms with E-state index >= 15 is 0 Å². The summed E-state index contributed by atoms with van der Waals surface area (Å²) in [5.74, 6) is -0.586. The van der Waals surface area contributed by atoms with Crippen molar-refractivity contribution in [2.24, 2.45) is 0 Å². The monoisotopic (exact) mass is 320 g/mol. The second-order valence-corrected chi connectivity index (χ2v) is 5.08. The van der Waals surface area contributed by atoms with Gasteiger partial charge >= 0.3 is 5.97 Å². The number of aromatic nitrogens is 1. The molecule has 1 aromatic carbocycles. The molecule has 98 valence electrons. The van der Waals surface area contributed by atoms with Crippen molar-refractivity contribution in [3.05, 3.63) is 52.6 Å². The Bertz CT molecular complexity index is 567. The molecular formula is C14H13BrN2O2. The zero-order chi connectivity index (χ0) is 13.8. The zero-order valence-corrected chi connectivity index (χ0v) is 11.9. The fraction of sp³-hybridized carbons (Fsp3) is 0.143. The average molecular weight is 321 g/mol. The third kappa shape index (κ3) is 3.54. The quantitative estimate of drug-likeness (QED) is 0.900. The van der Waals surface area contributed by atoms with E-state index in [4.69, 9.17) is 5.11 Å². The van der Waals surface area contributed by atoms with Gasteiger partial charge in [0.2, 0.25) is 0 Å². The lowest BCUT2D eigenvalue weighted by molar-refractivity contribution is -0.138. The number of rotatable bonds is 4. The standard InChI is InChI=1S/C14H13BrN2O2/c1-9(14(18)19)10-2-5-12(6-3-10)17-13-7-4-11(15)8-16-13/h2-9H,1H3,(H,16,17)(H,18,19)/t9-/m1/s1. The SMILES string of the molecule is C[C@@H](C(=O)O)c1ccc(Nc2ccc(Br)cn2)cc1. The van der Waals surface area contributed by atoms with Crippen LogP contribution in [0.1, 0.15) is 18.4 Å². The normalized spacial score (nSPS) is 11.9.